The Bertz CT molecular complexity index is 2530. The summed E-state index contributed by atoms with van der Waals surface area (Å²) >= 11 is 0. The number of carbonyl (C=O) groups is 1. The standard InChI is InChI=1S/C58H92N12O3/c1-41-44(37-67(20)54(59(4)5)60(6)7)33-48(34-45(41)38-68(21)55(61(8)9)62(10)11)58(2,3)49-35-46(39-69(22)56(63(12)13)64(14)15)53(47(36-49)40-70(23)57(65(16)17)66(18)19)73-51-31-27-43(28-32-51)52(71)42-25-29-50(72-24)30-26-42/h25-36H,37-40H2,1-24H3/q+4. The molecular weight excluding hydrogens is 913 g/mol. The number of ketones is 1. The quantitative estimate of drug-likeness (QED) is 0.0626. The predicted octanol–water partition coefficient (Wildman–Crippen LogP) is 5.84. The maximum absolute atomic E-state index is 13.7. The van der Waals surface area contributed by atoms with Crippen LogP contribution in [0.2, 0.25) is 0 Å². The predicted molar refractivity (Wildman–Crippen MR) is 302 cm³/mol. The van der Waals surface area contributed by atoms with E-state index in [-0.39, 0.29) is 5.78 Å². The molecule has 0 N–H and O–H groups in total. The minimum Gasteiger partial charge on any atom is -0.497 e. The summed E-state index contributed by atoms with van der Waals surface area (Å²) in [6.45, 7) is 9.54. The number of nitrogens with zero attached hydrogens (tertiary/aromatic N) is 12. The van der Waals surface area contributed by atoms with Crippen LogP contribution in [0.25, 0.3) is 0 Å². The van der Waals surface area contributed by atoms with Gasteiger partial charge in [-0.3, -0.25) is 62.3 Å². The summed E-state index contributed by atoms with van der Waals surface area (Å²) in [5.74, 6) is 6.38. The first kappa shape index (κ1) is 58.8. The van der Waals surface area contributed by atoms with Crippen molar-refractivity contribution >= 4 is 29.6 Å². The number of rotatable bonds is 15. The van der Waals surface area contributed by atoms with Crippen LogP contribution in [-0.2, 0) is 31.6 Å². The zero-order valence-electron chi connectivity index (χ0n) is 49.3. The lowest BCUT2D eigenvalue weighted by molar-refractivity contribution is -0.525. The molecule has 73 heavy (non-hydrogen) atoms. The van der Waals surface area contributed by atoms with Crippen molar-refractivity contribution in [1.82, 2.24) is 39.2 Å². The number of benzene rings is 4. The number of ether oxygens (including phenoxy) is 2. The van der Waals surface area contributed by atoms with Crippen molar-refractivity contribution in [2.45, 2.75) is 52.4 Å². The van der Waals surface area contributed by atoms with Gasteiger partial charge in [-0.15, -0.1) is 0 Å². The number of methoxy groups -OCH3 is 1. The van der Waals surface area contributed by atoms with Crippen LogP contribution < -0.4 is 9.47 Å². The molecule has 4 rings (SSSR count). The summed E-state index contributed by atoms with van der Waals surface area (Å²) in [5, 5.41) is 0. The lowest BCUT2D eigenvalue weighted by atomic mass is 9.75. The van der Waals surface area contributed by atoms with E-state index in [1.165, 1.54) is 27.8 Å². The van der Waals surface area contributed by atoms with E-state index in [0.29, 0.717) is 35.7 Å². The van der Waals surface area contributed by atoms with Crippen LogP contribution in [0.3, 0.4) is 0 Å². The van der Waals surface area contributed by atoms with Crippen molar-refractivity contribution in [3.63, 3.8) is 0 Å². The third-order valence-corrected chi connectivity index (χ3v) is 13.2. The van der Waals surface area contributed by atoms with Gasteiger partial charge in [0.2, 0.25) is 0 Å². The molecule has 0 aromatic heterocycles. The molecule has 0 atom stereocenters. The van der Waals surface area contributed by atoms with Crippen LogP contribution in [0, 0.1) is 6.92 Å². The molecule has 0 heterocycles. The van der Waals surface area contributed by atoms with Crippen molar-refractivity contribution in [2.24, 2.45) is 0 Å². The highest BCUT2D eigenvalue weighted by Crippen LogP contribution is 2.40. The summed E-state index contributed by atoms with van der Waals surface area (Å²) in [7, 11) is 43.7. The maximum Gasteiger partial charge on any atom is 0.349 e. The van der Waals surface area contributed by atoms with E-state index >= 15 is 0 Å². The molecule has 398 valence electrons. The van der Waals surface area contributed by atoms with E-state index in [9.17, 15) is 4.79 Å². The normalized spacial score (nSPS) is 11.0. The van der Waals surface area contributed by atoms with Gasteiger partial charge in [0.05, 0.1) is 174 Å². The first-order valence-corrected chi connectivity index (χ1v) is 25.0. The van der Waals surface area contributed by atoms with Gasteiger partial charge in [0.25, 0.3) is 0 Å². The van der Waals surface area contributed by atoms with Crippen molar-refractivity contribution in [1.29, 1.82) is 0 Å². The fourth-order valence-corrected chi connectivity index (χ4v) is 10.5. The van der Waals surface area contributed by atoms with Crippen LogP contribution in [-0.4, -0.2) is 235 Å². The number of hydrogen-bond donors (Lipinski definition) is 0. The fourth-order valence-electron chi connectivity index (χ4n) is 10.5. The highest BCUT2D eigenvalue weighted by atomic mass is 16.5. The highest BCUT2D eigenvalue weighted by molar-refractivity contribution is 6.09. The summed E-state index contributed by atoms with van der Waals surface area (Å²) in [4.78, 5) is 30.9. The molecule has 0 bridgehead atoms. The highest BCUT2D eigenvalue weighted by Gasteiger charge is 2.31. The van der Waals surface area contributed by atoms with Gasteiger partial charge >= 0.3 is 23.8 Å². The number of hydrogen-bond acceptors (Lipinski definition) is 3. The van der Waals surface area contributed by atoms with Gasteiger partial charge in [-0.25, -0.2) is 0 Å². The van der Waals surface area contributed by atoms with Gasteiger partial charge in [0.15, 0.2) is 5.78 Å². The van der Waals surface area contributed by atoms with Crippen LogP contribution in [0.15, 0.2) is 72.8 Å². The van der Waals surface area contributed by atoms with Gasteiger partial charge in [-0.2, -0.15) is 0 Å². The molecule has 4 aromatic carbocycles. The molecule has 0 radical (unpaired) electrons. The van der Waals surface area contributed by atoms with Gasteiger partial charge in [-0.05, 0) is 95.4 Å². The minimum absolute atomic E-state index is 0.0695. The van der Waals surface area contributed by atoms with Crippen molar-refractivity contribution in [2.75, 3.05) is 148 Å². The van der Waals surface area contributed by atoms with E-state index in [0.717, 1.165) is 53.8 Å². The monoisotopic (exact) mass is 1000 g/mol. The maximum atomic E-state index is 13.7. The van der Waals surface area contributed by atoms with Crippen molar-refractivity contribution in [3.8, 4) is 17.2 Å². The summed E-state index contributed by atoms with van der Waals surface area (Å²) in [5.41, 5.74) is 8.98. The third-order valence-electron chi connectivity index (χ3n) is 13.2. The Morgan fingerprint density at radius 3 is 0.973 bits per heavy atom. The molecule has 0 aliphatic heterocycles. The molecule has 15 heteroatoms. The molecule has 15 nitrogen and oxygen atoms in total. The Labute approximate surface area is 440 Å². The van der Waals surface area contributed by atoms with E-state index < -0.39 is 5.41 Å². The second-order valence-electron chi connectivity index (χ2n) is 21.6. The van der Waals surface area contributed by atoms with E-state index in [2.05, 4.69) is 243 Å². The largest absolute Gasteiger partial charge is 0.497 e. The Kier molecular flexibility index (Phi) is 20.0. The average molecular weight is 1010 g/mol. The Balaban J connectivity index is 2.13. The zero-order chi connectivity index (χ0) is 55.0. The van der Waals surface area contributed by atoms with E-state index in [4.69, 9.17) is 9.47 Å². The van der Waals surface area contributed by atoms with E-state index in [1.54, 1.807) is 19.2 Å². The molecule has 0 saturated carbocycles. The molecule has 0 unspecified atom stereocenters. The third kappa shape index (κ3) is 14.3. The van der Waals surface area contributed by atoms with E-state index in [1.807, 2.05) is 36.4 Å². The van der Waals surface area contributed by atoms with Gasteiger partial charge in [0, 0.05) is 27.7 Å². The summed E-state index contributed by atoms with van der Waals surface area (Å²) in [6, 6.07) is 24.3. The average Bonchev–Trinajstić information content (AvgIpc) is 3.27. The van der Waals surface area contributed by atoms with Gasteiger partial charge < -0.3 is 9.47 Å². The molecule has 0 aliphatic carbocycles. The van der Waals surface area contributed by atoms with Crippen molar-refractivity contribution < 1.29 is 32.6 Å². The zero-order valence-corrected chi connectivity index (χ0v) is 49.3. The molecule has 0 spiro atoms. The fraction of sp³-hybridized carbons (Fsp3) is 0.500. The molecule has 0 fully saturated rings. The van der Waals surface area contributed by atoms with Crippen LogP contribution in [0.4, 0.5) is 0 Å². The second-order valence-corrected chi connectivity index (χ2v) is 21.6. The number of guanidine groups is 4. The minimum atomic E-state index is -0.479. The lowest BCUT2D eigenvalue weighted by Gasteiger charge is -2.31. The molecule has 4 aromatic rings. The Hall–Kier alpha value is -6.77. The Morgan fingerprint density at radius 1 is 0.438 bits per heavy atom. The van der Waals surface area contributed by atoms with Crippen molar-refractivity contribution in [3.05, 3.63) is 123 Å². The second kappa shape index (κ2) is 24.8. The lowest BCUT2D eigenvalue weighted by Crippen LogP contribution is -2.42. The summed E-state index contributed by atoms with van der Waals surface area (Å²) in [6.07, 6.45) is 0. The topological polar surface area (TPSA) is 73.5 Å². The van der Waals surface area contributed by atoms with Crippen LogP contribution in [0.1, 0.15) is 68.7 Å². The summed E-state index contributed by atoms with van der Waals surface area (Å²) < 4.78 is 21.7. The smallest absolute Gasteiger partial charge is 0.349 e. The first-order valence-electron chi connectivity index (χ1n) is 25.0. The van der Waals surface area contributed by atoms with Gasteiger partial charge in [0.1, 0.15) is 17.2 Å². The van der Waals surface area contributed by atoms with Crippen LogP contribution in [0.5, 0.6) is 17.2 Å². The SMILES string of the molecule is COc1ccc(C(=O)c2ccc(Oc3c(C[N+](C)=C(N(C)C)N(C)C)cc(C(C)(C)c4cc(C[N+](C)=C(N(C)C)N(C)C)c(C)c(C[N+](C)=C(N(C)C)N(C)C)c4)cc3C[N+](C)=C(N(C)C)N(C)C)cc2)cc1. The van der Waals surface area contributed by atoms with Gasteiger partial charge in [-0.1, -0.05) is 26.0 Å². The molecule has 0 aliphatic rings. The Morgan fingerprint density at radius 2 is 0.699 bits per heavy atom. The number of carbonyl (C=O) groups excluding carboxylic acids is 1. The van der Waals surface area contributed by atoms with Crippen LogP contribution >= 0.6 is 0 Å². The first-order chi connectivity index (χ1) is 34.0. The molecule has 0 saturated heterocycles. The molecular formula is C58H92N12O3+4. The molecule has 0 amide bonds.